The van der Waals surface area contributed by atoms with Crippen LogP contribution in [0.5, 0.6) is 0 Å². The van der Waals surface area contributed by atoms with Crippen molar-refractivity contribution in [1.29, 1.82) is 0 Å². The van der Waals surface area contributed by atoms with Crippen molar-refractivity contribution < 1.29 is 9.18 Å². The van der Waals surface area contributed by atoms with Gasteiger partial charge in [-0.1, -0.05) is 17.7 Å². The highest BCUT2D eigenvalue weighted by Crippen LogP contribution is 2.23. The third-order valence-corrected chi connectivity index (χ3v) is 4.46. The van der Waals surface area contributed by atoms with E-state index >= 15 is 0 Å². The predicted molar refractivity (Wildman–Crippen MR) is 90.4 cm³/mol. The number of anilines is 1. The minimum absolute atomic E-state index is 0.00189. The number of hydrogen-bond donors (Lipinski definition) is 2. The van der Waals surface area contributed by atoms with Crippen molar-refractivity contribution in [3.05, 3.63) is 62.9 Å². The molecule has 0 atom stereocenters. The molecule has 4 rings (SSSR count). The molecule has 0 saturated heterocycles. The summed E-state index contributed by atoms with van der Waals surface area (Å²) >= 11 is 5.72. The van der Waals surface area contributed by atoms with Crippen LogP contribution in [0.2, 0.25) is 5.02 Å². The van der Waals surface area contributed by atoms with Gasteiger partial charge in [0, 0.05) is 25.2 Å². The van der Waals surface area contributed by atoms with Crippen molar-refractivity contribution >= 4 is 29.0 Å². The Hall–Kier alpha value is -2.87. The second-order valence-corrected chi connectivity index (χ2v) is 6.11. The molecule has 9 heteroatoms. The van der Waals surface area contributed by atoms with Gasteiger partial charge in [0.15, 0.2) is 11.5 Å². The highest BCUT2D eigenvalue weighted by atomic mass is 35.5. The molecule has 0 spiro atoms. The summed E-state index contributed by atoms with van der Waals surface area (Å²) in [5.41, 5.74) is 1.44. The number of nitrogens with one attached hydrogen (secondary N) is 2. The summed E-state index contributed by atoms with van der Waals surface area (Å²) in [6.07, 6.45) is 2.08. The molecule has 0 aliphatic carbocycles. The van der Waals surface area contributed by atoms with Crippen LogP contribution in [0.3, 0.4) is 0 Å². The number of nitrogens with zero attached hydrogens (tertiary/aromatic N) is 3. The van der Waals surface area contributed by atoms with Gasteiger partial charge in [-0.05, 0) is 12.1 Å². The minimum atomic E-state index is -0.690. The number of carbonyl (C=O) groups is 1. The highest BCUT2D eigenvalue weighted by Gasteiger charge is 2.25. The maximum absolute atomic E-state index is 13.9. The molecule has 0 saturated carbocycles. The zero-order chi connectivity index (χ0) is 17.6. The van der Waals surface area contributed by atoms with Crippen LogP contribution in [0.25, 0.3) is 5.65 Å². The summed E-state index contributed by atoms with van der Waals surface area (Å²) in [6.45, 7) is 0.491. The Morgan fingerprint density at radius 2 is 2.20 bits per heavy atom. The van der Waals surface area contributed by atoms with Gasteiger partial charge in [-0.15, -0.1) is 0 Å². The SMILES string of the molecule is O=C(Nc1cccc(Cl)c1F)N1CCc2nc3cc[nH]n3c(=O)c2C1. The van der Waals surface area contributed by atoms with E-state index in [1.807, 2.05) is 0 Å². The summed E-state index contributed by atoms with van der Waals surface area (Å²) < 4.78 is 15.3. The first kappa shape index (κ1) is 15.6. The van der Waals surface area contributed by atoms with Gasteiger partial charge in [-0.3, -0.25) is 9.89 Å². The summed E-state index contributed by atoms with van der Waals surface area (Å²) in [5.74, 6) is -0.690. The summed E-state index contributed by atoms with van der Waals surface area (Å²) in [5, 5.41) is 5.22. The van der Waals surface area contributed by atoms with Crippen molar-refractivity contribution in [3.8, 4) is 0 Å². The number of hydrogen-bond acceptors (Lipinski definition) is 3. The maximum atomic E-state index is 13.9. The Kier molecular flexibility index (Phi) is 3.69. The lowest BCUT2D eigenvalue weighted by molar-refractivity contribution is 0.205. The number of aromatic amines is 1. The van der Waals surface area contributed by atoms with Gasteiger partial charge in [-0.2, -0.15) is 0 Å². The first-order chi connectivity index (χ1) is 12.0. The van der Waals surface area contributed by atoms with Crippen LogP contribution in [0.4, 0.5) is 14.9 Å². The van der Waals surface area contributed by atoms with E-state index in [0.717, 1.165) is 0 Å². The molecule has 2 amide bonds. The molecule has 25 heavy (non-hydrogen) atoms. The monoisotopic (exact) mass is 361 g/mol. The fourth-order valence-electron chi connectivity index (χ4n) is 2.89. The number of halogens is 2. The largest absolute Gasteiger partial charge is 0.322 e. The van der Waals surface area contributed by atoms with E-state index < -0.39 is 11.8 Å². The van der Waals surface area contributed by atoms with Crippen LogP contribution in [-0.4, -0.2) is 32.1 Å². The van der Waals surface area contributed by atoms with Crippen molar-refractivity contribution in [3.63, 3.8) is 0 Å². The highest BCUT2D eigenvalue weighted by molar-refractivity contribution is 6.31. The molecular formula is C16H13ClFN5O2. The van der Waals surface area contributed by atoms with E-state index in [2.05, 4.69) is 15.4 Å². The number of carbonyl (C=O) groups excluding carboxylic acids is 1. The van der Waals surface area contributed by atoms with E-state index in [1.54, 1.807) is 18.3 Å². The molecule has 0 unspecified atom stereocenters. The molecule has 3 aromatic rings. The fraction of sp³-hybridized carbons (Fsp3) is 0.188. The quantitative estimate of drug-likeness (QED) is 0.698. The molecule has 2 N–H and O–H groups in total. The van der Waals surface area contributed by atoms with Gasteiger partial charge in [0.05, 0.1) is 28.5 Å². The van der Waals surface area contributed by atoms with Crippen LogP contribution in [0.15, 0.2) is 35.3 Å². The van der Waals surface area contributed by atoms with Crippen molar-refractivity contribution in [1.82, 2.24) is 19.5 Å². The normalized spacial score (nSPS) is 13.8. The van der Waals surface area contributed by atoms with E-state index in [0.29, 0.717) is 29.9 Å². The standard InChI is InChI=1S/C16H13ClFN5O2/c17-10-2-1-3-12(14(10)18)21-16(25)22-7-5-11-9(8-22)15(24)23-13(20-11)4-6-19-23/h1-4,6,19H,5,7-8H2,(H,21,25). The molecule has 0 radical (unpaired) electrons. The van der Waals surface area contributed by atoms with Gasteiger partial charge >= 0.3 is 6.03 Å². The van der Waals surface area contributed by atoms with Crippen molar-refractivity contribution in [2.75, 3.05) is 11.9 Å². The van der Waals surface area contributed by atoms with E-state index in [-0.39, 0.29) is 22.8 Å². The Morgan fingerprint density at radius 3 is 3.04 bits per heavy atom. The average molecular weight is 362 g/mol. The topological polar surface area (TPSA) is 82.5 Å². The predicted octanol–water partition coefficient (Wildman–Crippen LogP) is 2.41. The van der Waals surface area contributed by atoms with Crippen LogP contribution in [-0.2, 0) is 13.0 Å². The lowest BCUT2D eigenvalue weighted by Crippen LogP contribution is -2.42. The number of aromatic nitrogens is 3. The second-order valence-electron chi connectivity index (χ2n) is 5.70. The fourth-order valence-corrected chi connectivity index (χ4v) is 3.06. The van der Waals surface area contributed by atoms with Gasteiger partial charge < -0.3 is 10.2 Å². The zero-order valence-corrected chi connectivity index (χ0v) is 13.7. The molecule has 1 aliphatic rings. The molecule has 1 aromatic carbocycles. The Bertz CT molecular complexity index is 1040. The van der Waals surface area contributed by atoms with Gasteiger partial charge in [0.25, 0.3) is 5.56 Å². The lowest BCUT2D eigenvalue weighted by atomic mass is 10.1. The van der Waals surface area contributed by atoms with Crippen LogP contribution in [0.1, 0.15) is 11.3 Å². The number of amides is 2. The number of urea groups is 1. The molecule has 0 bridgehead atoms. The van der Waals surface area contributed by atoms with Gasteiger partial charge in [0.2, 0.25) is 0 Å². The van der Waals surface area contributed by atoms with Crippen LogP contribution >= 0.6 is 11.6 Å². The number of rotatable bonds is 1. The summed E-state index contributed by atoms with van der Waals surface area (Å²) in [7, 11) is 0. The van der Waals surface area contributed by atoms with Crippen LogP contribution in [0, 0.1) is 5.82 Å². The van der Waals surface area contributed by atoms with Crippen molar-refractivity contribution in [2.45, 2.75) is 13.0 Å². The van der Waals surface area contributed by atoms with E-state index in [9.17, 15) is 14.0 Å². The van der Waals surface area contributed by atoms with Gasteiger partial charge in [0.1, 0.15) is 0 Å². The van der Waals surface area contributed by atoms with Gasteiger partial charge in [-0.25, -0.2) is 18.7 Å². The van der Waals surface area contributed by atoms with E-state index in [4.69, 9.17) is 11.6 Å². The first-order valence-electron chi connectivity index (χ1n) is 7.62. The van der Waals surface area contributed by atoms with E-state index in [1.165, 1.54) is 21.5 Å². The van der Waals surface area contributed by atoms with Crippen LogP contribution < -0.4 is 10.9 Å². The van der Waals surface area contributed by atoms with Crippen molar-refractivity contribution in [2.24, 2.45) is 0 Å². The molecule has 1 aliphatic heterocycles. The molecule has 2 aromatic heterocycles. The zero-order valence-electron chi connectivity index (χ0n) is 12.9. The Labute approximate surface area is 146 Å². The second kappa shape index (κ2) is 5.89. The lowest BCUT2D eigenvalue weighted by Gasteiger charge is -2.28. The third-order valence-electron chi connectivity index (χ3n) is 4.17. The number of benzene rings is 1. The molecular weight excluding hydrogens is 349 g/mol. The molecule has 0 fully saturated rings. The number of fused-ring (bicyclic) bond motifs is 2. The Balaban J connectivity index is 1.60. The Morgan fingerprint density at radius 1 is 1.36 bits per heavy atom. The molecule has 128 valence electrons. The molecule has 7 nitrogen and oxygen atoms in total. The maximum Gasteiger partial charge on any atom is 0.322 e. The smallest absolute Gasteiger partial charge is 0.320 e. The summed E-state index contributed by atoms with van der Waals surface area (Å²) in [4.78, 5) is 30.8. The average Bonchev–Trinajstić information content (AvgIpc) is 3.07. The third kappa shape index (κ3) is 2.64. The number of H-pyrrole nitrogens is 1. The first-order valence-corrected chi connectivity index (χ1v) is 8.00. The minimum Gasteiger partial charge on any atom is -0.320 e. The molecule has 3 heterocycles. The summed E-state index contributed by atoms with van der Waals surface area (Å²) in [6, 6.07) is 5.59.